The van der Waals surface area contributed by atoms with Crippen molar-refractivity contribution in [3.8, 4) is 11.9 Å². The number of hydrogen-bond donors (Lipinski definition) is 2. The number of anilines is 2. The molecule has 0 atom stereocenters. The number of fused-ring (bicyclic) bond motifs is 1. The van der Waals surface area contributed by atoms with E-state index in [1.54, 1.807) is 42.6 Å². The average molecular weight is 344 g/mol. The maximum absolute atomic E-state index is 12.7. The molecule has 1 aliphatic rings. The Morgan fingerprint density at radius 3 is 2.96 bits per heavy atom. The number of amides is 2. The zero-order chi connectivity index (χ0) is 18.1. The topological polar surface area (TPSA) is 113 Å². The Kier molecular flexibility index (Phi) is 3.67. The lowest BCUT2D eigenvalue weighted by Gasteiger charge is -2.09. The van der Waals surface area contributed by atoms with Gasteiger partial charge in [0.2, 0.25) is 5.91 Å². The van der Waals surface area contributed by atoms with Crippen molar-refractivity contribution in [2.45, 2.75) is 6.42 Å². The Morgan fingerprint density at radius 2 is 2.19 bits per heavy atom. The van der Waals surface area contributed by atoms with E-state index < -0.39 is 5.91 Å². The molecule has 3 heterocycles. The summed E-state index contributed by atoms with van der Waals surface area (Å²) in [5, 5.41) is 18.9. The van der Waals surface area contributed by atoms with Crippen LogP contribution in [-0.4, -0.2) is 26.6 Å². The second-order valence-electron chi connectivity index (χ2n) is 5.67. The lowest BCUT2D eigenvalue weighted by molar-refractivity contribution is -0.115. The fourth-order valence-corrected chi connectivity index (χ4v) is 2.75. The van der Waals surface area contributed by atoms with Crippen molar-refractivity contribution in [1.82, 2.24) is 14.8 Å². The van der Waals surface area contributed by atoms with Gasteiger partial charge in [-0.25, -0.2) is 4.98 Å². The SMILES string of the molecule is N#Cc1cnn(-c2ccccn2)c1NC(=O)c1ccc2c(c1)CC(=O)N2. The second kappa shape index (κ2) is 6.14. The predicted molar refractivity (Wildman–Crippen MR) is 92.8 cm³/mol. The number of pyridine rings is 1. The van der Waals surface area contributed by atoms with Crippen LogP contribution in [0.5, 0.6) is 0 Å². The summed E-state index contributed by atoms with van der Waals surface area (Å²) in [4.78, 5) is 28.3. The van der Waals surface area contributed by atoms with Crippen molar-refractivity contribution in [3.05, 3.63) is 65.5 Å². The number of carbonyl (C=O) groups excluding carboxylic acids is 2. The molecule has 0 saturated heterocycles. The Bertz CT molecular complexity index is 1070. The first-order valence-electron chi connectivity index (χ1n) is 7.79. The third-order valence-electron chi connectivity index (χ3n) is 3.98. The number of aromatic nitrogens is 3. The van der Waals surface area contributed by atoms with E-state index in [4.69, 9.17) is 0 Å². The van der Waals surface area contributed by atoms with Crippen molar-refractivity contribution < 1.29 is 9.59 Å². The Morgan fingerprint density at radius 1 is 1.31 bits per heavy atom. The average Bonchev–Trinajstić information content (AvgIpc) is 3.23. The summed E-state index contributed by atoms with van der Waals surface area (Å²) >= 11 is 0. The second-order valence-corrected chi connectivity index (χ2v) is 5.67. The molecule has 1 aliphatic heterocycles. The number of rotatable bonds is 3. The molecule has 2 aromatic heterocycles. The van der Waals surface area contributed by atoms with E-state index in [-0.39, 0.29) is 23.7 Å². The van der Waals surface area contributed by atoms with E-state index >= 15 is 0 Å². The zero-order valence-electron chi connectivity index (χ0n) is 13.4. The first-order valence-corrected chi connectivity index (χ1v) is 7.79. The monoisotopic (exact) mass is 344 g/mol. The number of nitrogens with zero attached hydrogens (tertiary/aromatic N) is 4. The van der Waals surface area contributed by atoms with Crippen LogP contribution in [0.3, 0.4) is 0 Å². The molecule has 126 valence electrons. The summed E-state index contributed by atoms with van der Waals surface area (Å²) < 4.78 is 1.40. The van der Waals surface area contributed by atoms with Gasteiger partial charge in [0.05, 0.1) is 12.6 Å². The summed E-state index contributed by atoms with van der Waals surface area (Å²) in [5.74, 6) is 0.220. The predicted octanol–water partition coefficient (Wildman–Crippen LogP) is 1.89. The number of nitrogens with one attached hydrogen (secondary N) is 2. The summed E-state index contributed by atoms with van der Waals surface area (Å²) in [6, 6.07) is 12.2. The molecule has 8 heteroatoms. The molecule has 4 rings (SSSR count). The fourth-order valence-electron chi connectivity index (χ4n) is 2.75. The largest absolute Gasteiger partial charge is 0.326 e. The molecule has 2 amide bonds. The van der Waals surface area contributed by atoms with E-state index in [1.807, 2.05) is 6.07 Å². The molecule has 3 aromatic rings. The minimum atomic E-state index is -0.402. The fraction of sp³-hybridized carbons (Fsp3) is 0.0556. The van der Waals surface area contributed by atoms with Gasteiger partial charge in [-0.2, -0.15) is 15.0 Å². The van der Waals surface area contributed by atoms with Crippen LogP contribution in [0, 0.1) is 11.3 Å². The van der Waals surface area contributed by atoms with Gasteiger partial charge < -0.3 is 10.6 Å². The van der Waals surface area contributed by atoms with Crippen LogP contribution in [0.1, 0.15) is 21.5 Å². The van der Waals surface area contributed by atoms with Gasteiger partial charge in [0.25, 0.3) is 5.91 Å². The highest BCUT2D eigenvalue weighted by Gasteiger charge is 2.21. The van der Waals surface area contributed by atoms with E-state index in [0.717, 1.165) is 5.56 Å². The summed E-state index contributed by atoms with van der Waals surface area (Å²) in [6.07, 6.45) is 3.21. The highest BCUT2D eigenvalue weighted by Crippen LogP contribution is 2.25. The molecule has 0 fully saturated rings. The molecule has 2 N–H and O–H groups in total. The van der Waals surface area contributed by atoms with Gasteiger partial charge >= 0.3 is 0 Å². The first kappa shape index (κ1) is 15.5. The Balaban J connectivity index is 1.67. The molecular weight excluding hydrogens is 332 g/mol. The third-order valence-corrected chi connectivity index (χ3v) is 3.98. The van der Waals surface area contributed by atoms with Gasteiger partial charge in [-0.3, -0.25) is 9.59 Å². The van der Waals surface area contributed by atoms with Crippen molar-refractivity contribution in [2.75, 3.05) is 10.6 Å². The highest BCUT2D eigenvalue weighted by molar-refractivity contribution is 6.06. The lowest BCUT2D eigenvalue weighted by Crippen LogP contribution is -2.16. The minimum absolute atomic E-state index is 0.0995. The molecule has 0 saturated carbocycles. The minimum Gasteiger partial charge on any atom is -0.326 e. The van der Waals surface area contributed by atoms with Crippen LogP contribution in [0.15, 0.2) is 48.8 Å². The van der Waals surface area contributed by atoms with E-state index in [1.165, 1.54) is 10.9 Å². The molecule has 0 bridgehead atoms. The van der Waals surface area contributed by atoms with Gasteiger partial charge in [0.1, 0.15) is 11.6 Å². The van der Waals surface area contributed by atoms with Crippen molar-refractivity contribution in [1.29, 1.82) is 5.26 Å². The quantitative estimate of drug-likeness (QED) is 0.753. The molecule has 0 aliphatic carbocycles. The third kappa shape index (κ3) is 2.67. The number of nitriles is 1. The van der Waals surface area contributed by atoms with Crippen molar-refractivity contribution in [2.24, 2.45) is 0 Å². The summed E-state index contributed by atoms with van der Waals surface area (Å²) in [7, 11) is 0. The van der Waals surface area contributed by atoms with Gasteiger partial charge in [0, 0.05) is 17.4 Å². The highest BCUT2D eigenvalue weighted by atomic mass is 16.2. The van der Waals surface area contributed by atoms with E-state index in [0.29, 0.717) is 17.1 Å². The smallest absolute Gasteiger partial charge is 0.256 e. The molecule has 0 spiro atoms. The Hall–Kier alpha value is -3.99. The standard InChI is InChI=1S/C18H12N6O2/c19-9-13-10-21-24(15-3-1-2-6-20-15)17(13)23-18(26)11-4-5-14-12(7-11)8-16(25)22-14/h1-7,10H,8H2,(H,22,25)(H,23,26). The van der Waals surface area contributed by atoms with Crippen LogP contribution in [0.25, 0.3) is 5.82 Å². The molecule has 0 unspecified atom stereocenters. The van der Waals surface area contributed by atoms with Crippen molar-refractivity contribution >= 4 is 23.3 Å². The molecular formula is C18H12N6O2. The number of carbonyl (C=O) groups is 2. The molecule has 26 heavy (non-hydrogen) atoms. The van der Waals surface area contributed by atoms with Gasteiger partial charge in [0.15, 0.2) is 11.6 Å². The van der Waals surface area contributed by atoms with Crippen LogP contribution in [0.2, 0.25) is 0 Å². The van der Waals surface area contributed by atoms with Gasteiger partial charge in [-0.15, -0.1) is 0 Å². The molecule has 1 aromatic carbocycles. The van der Waals surface area contributed by atoms with Crippen molar-refractivity contribution in [3.63, 3.8) is 0 Å². The number of benzene rings is 1. The van der Waals surface area contributed by atoms with Gasteiger partial charge in [-0.05, 0) is 35.9 Å². The molecule has 0 radical (unpaired) electrons. The normalized spacial score (nSPS) is 12.2. The number of hydrogen-bond acceptors (Lipinski definition) is 5. The van der Waals surface area contributed by atoms with Crippen LogP contribution < -0.4 is 10.6 Å². The van der Waals surface area contributed by atoms with E-state index in [2.05, 4.69) is 20.7 Å². The van der Waals surface area contributed by atoms with Crippen LogP contribution >= 0.6 is 0 Å². The van der Waals surface area contributed by atoms with Crippen LogP contribution in [0.4, 0.5) is 11.5 Å². The summed E-state index contributed by atoms with van der Waals surface area (Å²) in [5.41, 5.74) is 2.09. The Labute approximate surface area is 148 Å². The van der Waals surface area contributed by atoms with Crippen LogP contribution in [-0.2, 0) is 11.2 Å². The zero-order valence-corrected chi connectivity index (χ0v) is 13.4. The van der Waals surface area contributed by atoms with E-state index in [9.17, 15) is 14.9 Å². The molecule has 8 nitrogen and oxygen atoms in total. The lowest BCUT2D eigenvalue weighted by atomic mass is 10.1. The van der Waals surface area contributed by atoms with Gasteiger partial charge in [-0.1, -0.05) is 6.07 Å². The maximum atomic E-state index is 12.7. The first-order chi connectivity index (χ1) is 12.7. The maximum Gasteiger partial charge on any atom is 0.256 e. The summed E-state index contributed by atoms with van der Waals surface area (Å²) in [6.45, 7) is 0.